The van der Waals surface area contributed by atoms with Gasteiger partial charge in [-0.3, -0.25) is 4.79 Å². The van der Waals surface area contributed by atoms with Gasteiger partial charge in [0, 0.05) is 10.6 Å². The zero-order chi connectivity index (χ0) is 18.2. The van der Waals surface area contributed by atoms with Crippen molar-refractivity contribution in [3.8, 4) is 0 Å². The average Bonchev–Trinajstić information content (AvgIpc) is 2.95. The fourth-order valence-electron chi connectivity index (χ4n) is 2.49. The minimum atomic E-state index is -5.07. The van der Waals surface area contributed by atoms with E-state index in [1.807, 2.05) is 0 Å². The van der Waals surface area contributed by atoms with Gasteiger partial charge < -0.3 is 5.11 Å². The summed E-state index contributed by atoms with van der Waals surface area (Å²) in [6.07, 6.45) is -5.92. The monoisotopic (exact) mass is 368 g/mol. The van der Waals surface area contributed by atoms with Crippen LogP contribution >= 0.6 is 11.6 Å². The van der Waals surface area contributed by atoms with Gasteiger partial charge in [0.2, 0.25) is 0 Å². The maximum absolute atomic E-state index is 13.5. The summed E-state index contributed by atoms with van der Waals surface area (Å²) in [6.45, 7) is 0. The smallest absolute Gasteiger partial charge is 0.362 e. The molecule has 2 aromatic rings. The van der Waals surface area contributed by atoms with E-state index in [9.17, 15) is 23.1 Å². The standard InChI is InChI=1S/C17H12ClF3N2O2/c18-13-8-6-12(7-9-13)15(24)23-16(25,17(19,20)21)10-14(22-23)11-4-2-1-3-5-11/h1-9,25H,10H2/t16-/m0/s1. The van der Waals surface area contributed by atoms with Crippen LogP contribution in [0, 0.1) is 0 Å². The number of benzene rings is 2. The van der Waals surface area contributed by atoms with Gasteiger partial charge in [0.1, 0.15) is 0 Å². The summed E-state index contributed by atoms with van der Waals surface area (Å²) in [6, 6.07) is 13.4. The number of aliphatic hydroxyl groups is 1. The highest BCUT2D eigenvalue weighted by atomic mass is 35.5. The molecule has 0 saturated heterocycles. The molecule has 0 bridgehead atoms. The third-order valence-corrected chi connectivity index (χ3v) is 4.08. The predicted molar refractivity (Wildman–Crippen MR) is 86.2 cm³/mol. The zero-order valence-corrected chi connectivity index (χ0v) is 13.4. The van der Waals surface area contributed by atoms with Crippen molar-refractivity contribution in [3.05, 3.63) is 70.7 Å². The van der Waals surface area contributed by atoms with Crippen molar-refractivity contribution in [1.29, 1.82) is 0 Å². The van der Waals surface area contributed by atoms with Crippen molar-refractivity contribution in [1.82, 2.24) is 5.01 Å². The van der Waals surface area contributed by atoms with Crippen LogP contribution in [0.3, 0.4) is 0 Å². The molecule has 8 heteroatoms. The number of carbonyl (C=O) groups excluding carboxylic acids is 1. The lowest BCUT2D eigenvalue weighted by Gasteiger charge is -2.32. The topological polar surface area (TPSA) is 52.9 Å². The molecule has 130 valence electrons. The second kappa shape index (κ2) is 6.16. The van der Waals surface area contributed by atoms with E-state index in [-0.39, 0.29) is 16.3 Å². The number of rotatable bonds is 2. The van der Waals surface area contributed by atoms with Crippen LogP contribution in [0.4, 0.5) is 13.2 Å². The molecular formula is C17H12ClF3N2O2. The molecule has 0 spiro atoms. The molecule has 1 aliphatic heterocycles. The zero-order valence-electron chi connectivity index (χ0n) is 12.7. The Hall–Kier alpha value is -2.38. The molecular weight excluding hydrogens is 357 g/mol. The Bertz CT molecular complexity index is 822. The van der Waals surface area contributed by atoms with Gasteiger partial charge in [-0.15, -0.1) is 0 Å². The Kier molecular flexibility index (Phi) is 4.30. The number of halogens is 4. The highest BCUT2D eigenvalue weighted by Gasteiger charge is 2.63. The molecule has 0 radical (unpaired) electrons. The van der Waals surface area contributed by atoms with Crippen LogP contribution in [0.5, 0.6) is 0 Å². The third-order valence-electron chi connectivity index (χ3n) is 3.83. The molecule has 1 heterocycles. The van der Waals surface area contributed by atoms with Gasteiger partial charge in [-0.1, -0.05) is 41.9 Å². The van der Waals surface area contributed by atoms with E-state index in [1.54, 1.807) is 30.3 Å². The molecule has 0 saturated carbocycles. The van der Waals surface area contributed by atoms with Crippen LogP contribution in [0.25, 0.3) is 0 Å². The van der Waals surface area contributed by atoms with Crippen LogP contribution in [0.2, 0.25) is 5.02 Å². The molecule has 0 fully saturated rings. The van der Waals surface area contributed by atoms with Crippen LogP contribution in [-0.4, -0.2) is 33.6 Å². The van der Waals surface area contributed by atoms with Crippen LogP contribution < -0.4 is 0 Å². The molecule has 25 heavy (non-hydrogen) atoms. The number of carbonyl (C=O) groups is 1. The quantitative estimate of drug-likeness (QED) is 0.875. The molecule has 0 unspecified atom stereocenters. The Morgan fingerprint density at radius 3 is 2.28 bits per heavy atom. The Balaban J connectivity index is 2.04. The SMILES string of the molecule is O=C(c1ccc(Cl)cc1)N1N=C(c2ccccc2)C[C@]1(O)C(F)(F)F. The number of hydrazone groups is 1. The lowest BCUT2D eigenvalue weighted by molar-refractivity contribution is -0.297. The molecule has 0 aliphatic carbocycles. The van der Waals surface area contributed by atoms with E-state index in [0.29, 0.717) is 10.6 Å². The van der Waals surface area contributed by atoms with E-state index >= 15 is 0 Å². The van der Waals surface area contributed by atoms with Crippen molar-refractivity contribution in [2.24, 2.45) is 5.10 Å². The molecule has 3 rings (SSSR count). The predicted octanol–water partition coefficient (Wildman–Crippen LogP) is 3.84. The third kappa shape index (κ3) is 3.12. The molecule has 1 atom stereocenters. The van der Waals surface area contributed by atoms with E-state index in [2.05, 4.69) is 5.10 Å². The van der Waals surface area contributed by atoms with Crippen LogP contribution in [0.1, 0.15) is 22.3 Å². The summed E-state index contributed by atoms with van der Waals surface area (Å²) in [7, 11) is 0. The lowest BCUT2D eigenvalue weighted by Crippen LogP contribution is -2.56. The van der Waals surface area contributed by atoms with Crippen molar-refractivity contribution >= 4 is 23.2 Å². The van der Waals surface area contributed by atoms with Gasteiger partial charge in [0.25, 0.3) is 11.6 Å². The number of hydrogen-bond acceptors (Lipinski definition) is 3. The second-order valence-corrected chi connectivity index (χ2v) is 5.96. The Labute approximate surface area is 146 Å². The van der Waals surface area contributed by atoms with Crippen LogP contribution in [0.15, 0.2) is 59.7 Å². The summed E-state index contributed by atoms with van der Waals surface area (Å²) in [5.74, 6) is -1.07. The highest BCUT2D eigenvalue weighted by Crippen LogP contribution is 2.42. The van der Waals surface area contributed by atoms with E-state index < -0.39 is 24.2 Å². The molecule has 1 N–H and O–H groups in total. The number of nitrogens with zero attached hydrogens (tertiary/aromatic N) is 2. The summed E-state index contributed by atoms with van der Waals surface area (Å²) < 4.78 is 40.5. The van der Waals surface area contributed by atoms with E-state index in [1.165, 1.54) is 24.3 Å². The first-order chi connectivity index (χ1) is 11.7. The summed E-state index contributed by atoms with van der Waals surface area (Å²) in [4.78, 5) is 12.5. The van der Waals surface area contributed by atoms with Gasteiger partial charge >= 0.3 is 6.18 Å². The minimum absolute atomic E-state index is 0.0252. The molecule has 0 aromatic heterocycles. The van der Waals surface area contributed by atoms with Gasteiger partial charge in [-0.05, 0) is 29.8 Å². The van der Waals surface area contributed by atoms with Gasteiger partial charge in [-0.25, -0.2) is 0 Å². The second-order valence-electron chi connectivity index (χ2n) is 5.53. The van der Waals surface area contributed by atoms with E-state index in [4.69, 9.17) is 11.6 Å². The van der Waals surface area contributed by atoms with Crippen LogP contribution in [-0.2, 0) is 0 Å². The summed E-state index contributed by atoms with van der Waals surface area (Å²) in [5.41, 5.74) is -3.10. The largest absolute Gasteiger partial charge is 0.438 e. The fourth-order valence-corrected chi connectivity index (χ4v) is 2.61. The van der Waals surface area contributed by atoms with Gasteiger partial charge in [-0.2, -0.15) is 23.3 Å². The van der Waals surface area contributed by atoms with E-state index in [0.717, 1.165) is 0 Å². The van der Waals surface area contributed by atoms with Crippen molar-refractivity contribution in [3.63, 3.8) is 0 Å². The number of amides is 1. The molecule has 1 aliphatic rings. The fraction of sp³-hybridized carbons (Fsp3) is 0.176. The van der Waals surface area contributed by atoms with Crippen molar-refractivity contribution in [2.75, 3.05) is 0 Å². The Morgan fingerprint density at radius 2 is 1.72 bits per heavy atom. The average molecular weight is 369 g/mol. The maximum atomic E-state index is 13.5. The summed E-state index contributed by atoms with van der Waals surface area (Å²) in [5, 5.41) is 14.4. The first-order valence-corrected chi connectivity index (χ1v) is 7.62. The number of alkyl halides is 3. The molecule has 1 amide bonds. The van der Waals surface area contributed by atoms with Gasteiger partial charge in [0.05, 0.1) is 12.1 Å². The maximum Gasteiger partial charge on any atom is 0.438 e. The highest BCUT2D eigenvalue weighted by molar-refractivity contribution is 6.30. The lowest BCUT2D eigenvalue weighted by atomic mass is 10.0. The number of hydrogen-bond donors (Lipinski definition) is 1. The molecule has 2 aromatic carbocycles. The first kappa shape index (κ1) is 17.4. The Morgan fingerprint density at radius 1 is 1.12 bits per heavy atom. The first-order valence-electron chi connectivity index (χ1n) is 7.24. The normalized spacial score (nSPS) is 20.5. The minimum Gasteiger partial charge on any atom is -0.362 e. The van der Waals surface area contributed by atoms with Crippen molar-refractivity contribution < 1.29 is 23.1 Å². The summed E-state index contributed by atoms with van der Waals surface area (Å²) >= 11 is 5.73. The molecule has 4 nitrogen and oxygen atoms in total. The van der Waals surface area contributed by atoms with Gasteiger partial charge in [0.15, 0.2) is 0 Å². The van der Waals surface area contributed by atoms with Crippen molar-refractivity contribution in [2.45, 2.75) is 18.3 Å².